The Labute approximate surface area is 152 Å². The zero-order valence-corrected chi connectivity index (χ0v) is 15.6. The van der Waals surface area contributed by atoms with Crippen molar-refractivity contribution in [1.82, 2.24) is 4.31 Å². The molecule has 0 saturated carbocycles. The molecule has 0 bridgehead atoms. The first-order chi connectivity index (χ1) is 11.3. The van der Waals surface area contributed by atoms with Gasteiger partial charge in [-0.3, -0.25) is 4.79 Å². The molecule has 0 spiro atoms. The van der Waals surface area contributed by atoms with E-state index in [1.54, 1.807) is 18.2 Å². The molecule has 1 aromatic rings. The number of benzene rings is 1. The van der Waals surface area contributed by atoms with Crippen molar-refractivity contribution >= 4 is 44.8 Å². The summed E-state index contributed by atoms with van der Waals surface area (Å²) in [6, 6.07) is 4.92. The minimum Gasteiger partial charge on any atom is -0.377 e. The van der Waals surface area contributed by atoms with Crippen molar-refractivity contribution in [2.45, 2.75) is 25.4 Å². The molecule has 1 N–H and O–H groups in total. The molecule has 1 fully saturated rings. The van der Waals surface area contributed by atoms with Crippen LogP contribution in [0.3, 0.4) is 0 Å². The highest BCUT2D eigenvalue weighted by atomic mass is 35.5. The Kier molecular flexibility index (Phi) is 6.88. The number of nitrogens with one attached hydrogen (secondary N) is 1. The summed E-state index contributed by atoms with van der Waals surface area (Å²) in [5, 5.41) is 3.24. The van der Waals surface area contributed by atoms with Crippen LogP contribution in [0.2, 0.25) is 10.0 Å². The van der Waals surface area contributed by atoms with Gasteiger partial charge in [0.2, 0.25) is 15.9 Å². The number of carbonyl (C=O) groups is 1. The first-order valence-electron chi connectivity index (χ1n) is 7.58. The normalized spacial score (nSPS) is 18.1. The Morgan fingerprint density at radius 3 is 2.79 bits per heavy atom. The predicted octanol–water partition coefficient (Wildman–Crippen LogP) is 2.76. The third-order valence-corrected chi connectivity index (χ3v) is 5.80. The van der Waals surface area contributed by atoms with Crippen LogP contribution >= 0.6 is 23.2 Å². The largest absolute Gasteiger partial charge is 0.377 e. The molecular weight excluding hydrogens is 375 g/mol. The monoisotopic (exact) mass is 394 g/mol. The summed E-state index contributed by atoms with van der Waals surface area (Å²) in [5.74, 6) is -0.333. The van der Waals surface area contributed by atoms with Gasteiger partial charge >= 0.3 is 0 Å². The highest BCUT2D eigenvalue weighted by Crippen LogP contribution is 2.29. The number of halogens is 2. The molecule has 1 aromatic carbocycles. The molecule has 9 heteroatoms. The maximum absolute atomic E-state index is 12.1. The van der Waals surface area contributed by atoms with Gasteiger partial charge in [0.05, 0.1) is 28.1 Å². The molecular formula is C15H20Cl2N2O4S. The average Bonchev–Trinajstić information content (AvgIpc) is 3.00. The third kappa shape index (κ3) is 5.60. The number of carbonyl (C=O) groups excluding carboxylic acids is 1. The molecule has 1 heterocycles. The van der Waals surface area contributed by atoms with E-state index < -0.39 is 10.0 Å². The van der Waals surface area contributed by atoms with Gasteiger partial charge in [0.15, 0.2) is 0 Å². The van der Waals surface area contributed by atoms with Crippen molar-refractivity contribution in [1.29, 1.82) is 0 Å². The van der Waals surface area contributed by atoms with Crippen molar-refractivity contribution < 1.29 is 17.9 Å². The number of rotatable bonds is 7. The molecule has 1 saturated heterocycles. The van der Waals surface area contributed by atoms with Crippen LogP contribution in [-0.2, 0) is 19.6 Å². The summed E-state index contributed by atoms with van der Waals surface area (Å²) in [5.41, 5.74) is 0.402. The van der Waals surface area contributed by atoms with Gasteiger partial charge in [-0.2, -0.15) is 4.31 Å². The Balaban J connectivity index is 1.93. The predicted molar refractivity (Wildman–Crippen MR) is 95.1 cm³/mol. The minimum atomic E-state index is -3.41. The molecule has 1 unspecified atom stereocenters. The Hall–Kier alpha value is -0.860. The maximum atomic E-state index is 12.1. The van der Waals surface area contributed by atoms with Gasteiger partial charge in [-0.25, -0.2) is 8.42 Å². The van der Waals surface area contributed by atoms with E-state index in [2.05, 4.69) is 5.32 Å². The number of hydrogen-bond donors (Lipinski definition) is 1. The summed E-state index contributed by atoms with van der Waals surface area (Å²) in [7, 11) is -3.41. The lowest BCUT2D eigenvalue weighted by Gasteiger charge is -2.22. The molecule has 24 heavy (non-hydrogen) atoms. The smallest absolute Gasteiger partial charge is 0.225 e. The van der Waals surface area contributed by atoms with Crippen molar-refractivity contribution in [2.24, 2.45) is 0 Å². The van der Waals surface area contributed by atoms with E-state index in [0.29, 0.717) is 17.3 Å². The summed E-state index contributed by atoms with van der Waals surface area (Å²) in [4.78, 5) is 12.1. The molecule has 1 atom stereocenters. The van der Waals surface area contributed by atoms with Gasteiger partial charge in [0.1, 0.15) is 0 Å². The summed E-state index contributed by atoms with van der Waals surface area (Å²) >= 11 is 11.9. The second-order valence-electron chi connectivity index (χ2n) is 5.66. The molecule has 1 aliphatic rings. The van der Waals surface area contributed by atoms with Gasteiger partial charge in [-0.15, -0.1) is 0 Å². The lowest BCUT2D eigenvalue weighted by Crippen LogP contribution is -2.38. The van der Waals surface area contributed by atoms with Gasteiger partial charge < -0.3 is 10.1 Å². The molecule has 1 aliphatic heterocycles. The third-order valence-electron chi connectivity index (χ3n) is 3.71. The lowest BCUT2D eigenvalue weighted by molar-refractivity contribution is -0.116. The first-order valence-corrected chi connectivity index (χ1v) is 10.2. The lowest BCUT2D eigenvalue weighted by atomic mass is 10.2. The quantitative estimate of drug-likeness (QED) is 0.771. The highest BCUT2D eigenvalue weighted by Gasteiger charge is 2.25. The van der Waals surface area contributed by atoms with Crippen LogP contribution in [0.15, 0.2) is 18.2 Å². The van der Waals surface area contributed by atoms with Crippen LogP contribution < -0.4 is 5.32 Å². The fourth-order valence-corrected chi connectivity index (χ4v) is 3.66. The van der Waals surface area contributed by atoms with Crippen LogP contribution in [0.1, 0.15) is 19.3 Å². The zero-order valence-electron chi connectivity index (χ0n) is 13.3. The second-order valence-corrected chi connectivity index (χ2v) is 8.42. The fourth-order valence-electron chi connectivity index (χ4n) is 2.45. The molecule has 134 valence electrons. The Morgan fingerprint density at radius 2 is 2.17 bits per heavy atom. The minimum absolute atomic E-state index is 0.0165. The number of ether oxygens (including phenoxy) is 1. The van der Waals surface area contributed by atoms with E-state index in [0.717, 1.165) is 19.1 Å². The van der Waals surface area contributed by atoms with Gasteiger partial charge in [-0.05, 0) is 25.0 Å². The van der Waals surface area contributed by atoms with Crippen LogP contribution in [0.4, 0.5) is 5.69 Å². The maximum Gasteiger partial charge on any atom is 0.225 e. The number of sulfonamides is 1. The van der Waals surface area contributed by atoms with Gasteiger partial charge in [0, 0.05) is 26.1 Å². The van der Waals surface area contributed by atoms with Crippen LogP contribution in [0.25, 0.3) is 0 Å². The van der Waals surface area contributed by atoms with Crippen molar-refractivity contribution in [3.63, 3.8) is 0 Å². The highest BCUT2D eigenvalue weighted by molar-refractivity contribution is 7.88. The van der Waals surface area contributed by atoms with Crippen molar-refractivity contribution in [2.75, 3.05) is 31.3 Å². The van der Waals surface area contributed by atoms with Crippen LogP contribution in [0, 0.1) is 0 Å². The van der Waals surface area contributed by atoms with E-state index >= 15 is 0 Å². The van der Waals surface area contributed by atoms with E-state index in [1.165, 1.54) is 4.31 Å². The molecule has 2 rings (SSSR count). The van der Waals surface area contributed by atoms with E-state index in [1.807, 2.05) is 0 Å². The number of anilines is 1. The number of hydrogen-bond acceptors (Lipinski definition) is 4. The van der Waals surface area contributed by atoms with Crippen LogP contribution in [-0.4, -0.2) is 50.7 Å². The topological polar surface area (TPSA) is 75.7 Å². The summed E-state index contributed by atoms with van der Waals surface area (Å²) < 4.78 is 30.5. The van der Waals surface area contributed by atoms with E-state index in [-0.39, 0.29) is 36.5 Å². The van der Waals surface area contributed by atoms with Crippen LogP contribution in [0.5, 0.6) is 0 Å². The van der Waals surface area contributed by atoms with Gasteiger partial charge in [0.25, 0.3) is 0 Å². The fraction of sp³-hybridized carbons (Fsp3) is 0.533. The first kappa shape index (κ1) is 19.5. The van der Waals surface area contributed by atoms with E-state index in [4.69, 9.17) is 27.9 Å². The summed E-state index contributed by atoms with van der Waals surface area (Å²) in [6.45, 7) is 1.00. The standard InChI is InChI=1S/C15H20Cl2N2O4S/c1-24(21,22)19(10-11-4-3-9-23-11)8-7-14(20)18-13-6-2-5-12(16)15(13)17/h2,5-6,11H,3-4,7-10H2,1H3,(H,18,20). The Bertz CT molecular complexity index is 691. The number of nitrogens with zero attached hydrogens (tertiary/aromatic N) is 1. The average molecular weight is 395 g/mol. The molecule has 0 aromatic heterocycles. The van der Waals surface area contributed by atoms with Gasteiger partial charge in [-0.1, -0.05) is 29.3 Å². The number of amides is 1. The Morgan fingerprint density at radius 1 is 1.42 bits per heavy atom. The van der Waals surface area contributed by atoms with Crippen molar-refractivity contribution in [3.8, 4) is 0 Å². The molecule has 6 nitrogen and oxygen atoms in total. The second kappa shape index (κ2) is 8.49. The SMILES string of the molecule is CS(=O)(=O)N(CCC(=O)Nc1cccc(Cl)c1Cl)CC1CCCO1. The molecule has 0 radical (unpaired) electrons. The van der Waals surface area contributed by atoms with E-state index in [9.17, 15) is 13.2 Å². The molecule has 0 aliphatic carbocycles. The zero-order chi connectivity index (χ0) is 17.7. The summed E-state index contributed by atoms with van der Waals surface area (Å²) in [6.07, 6.45) is 2.80. The molecule has 1 amide bonds. The van der Waals surface area contributed by atoms with Crippen molar-refractivity contribution in [3.05, 3.63) is 28.2 Å².